The first-order valence-corrected chi connectivity index (χ1v) is 8.75. The number of carbonyl (C=O) groups is 3. The molecule has 9 heteroatoms. The van der Waals surface area contributed by atoms with Crippen LogP contribution in [-0.2, 0) is 14.3 Å². The predicted octanol–water partition coefficient (Wildman–Crippen LogP) is 2.37. The predicted molar refractivity (Wildman–Crippen MR) is 94.0 cm³/mol. The second kappa shape index (κ2) is 9.29. The molecule has 27 heavy (non-hydrogen) atoms. The zero-order chi connectivity index (χ0) is 20.0. The van der Waals surface area contributed by atoms with Crippen LogP contribution in [0.15, 0.2) is 18.2 Å². The number of benzene rings is 1. The Morgan fingerprint density at radius 2 is 1.89 bits per heavy atom. The summed E-state index contributed by atoms with van der Waals surface area (Å²) in [5.41, 5.74) is 0.111. The lowest BCUT2D eigenvalue weighted by Gasteiger charge is -2.37. The van der Waals surface area contributed by atoms with Gasteiger partial charge < -0.3 is 19.9 Å². The van der Waals surface area contributed by atoms with E-state index in [-0.39, 0.29) is 30.3 Å². The number of piperidine rings is 1. The third kappa shape index (κ3) is 5.63. The van der Waals surface area contributed by atoms with Crippen molar-refractivity contribution in [2.45, 2.75) is 32.7 Å². The average Bonchev–Trinajstić information content (AvgIpc) is 2.63. The minimum absolute atomic E-state index is 0.111. The molecule has 1 aliphatic rings. The van der Waals surface area contributed by atoms with Crippen LogP contribution in [0.1, 0.15) is 26.7 Å². The van der Waals surface area contributed by atoms with Crippen molar-refractivity contribution in [2.24, 2.45) is 0 Å². The quantitative estimate of drug-likeness (QED) is 0.847. The van der Waals surface area contributed by atoms with Gasteiger partial charge >= 0.3 is 6.09 Å². The molecule has 1 saturated heterocycles. The number of hydrogen-bond acceptors (Lipinski definition) is 4. The van der Waals surface area contributed by atoms with Crippen LogP contribution in [0.25, 0.3) is 0 Å². The Hall–Kier alpha value is -2.71. The molecule has 0 aliphatic carbocycles. The highest BCUT2D eigenvalue weighted by atomic mass is 19.2. The van der Waals surface area contributed by atoms with Crippen LogP contribution in [-0.4, -0.2) is 60.0 Å². The number of nitrogens with zero attached hydrogens (tertiary/aromatic N) is 2. The van der Waals surface area contributed by atoms with E-state index in [1.54, 1.807) is 11.8 Å². The number of rotatable bonds is 5. The molecule has 1 heterocycles. The van der Waals surface area contributed by atoms with Crippen molar-refractivity contribution in [3.05, 3.63) is 29.8 Å². The van der Waals surface area contributed by atoms with Gasteiger partial charge in [-0.3, -0.25) is 9.59 Å². The van der Waals surface area contributed by atoms with Crippen LogP contribution in [0.3, 0.4) is 0 Å². The summed E-state index contributed by atoms with van der Waals surface area (Å²) in [4.78, 5) is 38.9. The molecule has 1 aromatic rings. The lowest BCUT2D eigenvalue weighted by Crippen LogP contribution is -2.50. The Balaban J connectivity index is 1.93. The molecular weight excluding hydrogens is 360 g/mol. The molecule has 0 atom stereocenters. The van der Waals surface area contributed by atoms with Gasteiger partial charge in [0.1, 0.15) is 6.54 Å². The van der Waals surface area contributed by atoms with Gasteiger partial charge in [0.25, 0.3) is 0 Å². The van der Waals surface area contributed by atoms with Gasteiger partial charge in [-0.25, -0.2) is 13.6 Å². The fourth-order valence-electron chi connectivity index (χ4n) is 3.00. The number of carbonyl (C=O) groups excluding carboxylic acids is 3. The topological polar surface area (TPSA) is 79.0 Å². The van der Waals surface area contributed by atoms with Gasteiger partial charge in [-0.05, 0) is 31.9 Å². The van der Waals surface area contributed by atoms with Crippen molar-refractivity contribution in [3.8, 4) is 0 Å². The van der Waals surface area contributed by atoms with E-state index in [4.69, 9.17) is 4.74 Å². The summed E-state index contributed by atoms with van der Waals surface area (Å²) in [6, 6.07) is 2.85. The number of anilines is 1. The van der Waals surface area contributed by atoms with Crippen LogP contribution >= 0.6 is 0 Å². The molecule has 2 rings (SSSR count). The lowest BCUT2D eigenvalue weighted by atomic mass is 10.0. The molecule has 1 N–H and O–H groups in total. The number of halogens is 2. The Morgan fingerprint density at radius 3 is 2.44 bits per heavy atom. The van der Waals surface area contributed by atoms with E-state index in [0.29, 0.717) is 32.5 Å². The van der Waals surface area contributed by atoms with E-state index in [9.17, 15) is 23.2 Å². The molecule has 0 aromatic heterocycles. The third-order valence-corrected chi connectivity index (χ3v) is 4.35. The molecule has 0 radical (unpaired) electrons. The van der Waals surface area contributed by atoms with Gasteiger partial charge in [-0.15, -0.1) is 0 Å². The van der Waals surface area contributed by atoms with E-state index in [2.05, 4.69) is 5.32 Å². The highest BCUT2D eigenvalue weighted by Gasteiger charge is 2.30. The molecule has 0 saturated carbocycles. The van der Waals surface area contributed by atoms with E-state index in [0.717, 1.165) is 12.1 Å². The second-order valence-corrected chi connectivity index (χ2v) is 6.24. The summed E-state index contributed by atoms with van der Waals surface area (Å²) < 4.78 is 31.1. The highest BCUT2D eigenvalue weighted by molar-refractivity contribution is 5.94. The zero-order valence-electron chi connectivity index (χ0n) is 15.3. The van der Waals surface area contributed by atoms with Crippen LogP contribution in [0.4, 0.5) is 19.3 Å². The molecule has 3 amide bonds. The smallest absolute Gasteiger partial charge is 0.409 e. The monoisotopic (exact) mass is 383 g/mol. The minimum Gasteiger partial charge on any atom is -0.450 e. The Morgan fingerprint density at radius 1 is 1.22 bits per heavy atom. The van der Waals surface area contributed by atoms with Crippen LogP contribution in [0, 0.1) is 11.6 Å². The first kappa shape index (κ1) is 20.6. The first-order chi connectivity index (χ1) is 12.8. The molecule has 1 aromatic carbocycles. The second-order valence-electron chi connectivity index (χ2n) is 6.24. The van der Waals surface area contributed by atoms with Gasteiger partial charge in [0.2, 0.25) is 11.8 Å². The van der Waals surface area contributed by atoms with E-state index in [1.165, 1.54) is 17.9 Å². The number of hydrogen-bond donors (Lipinski definition) is 1. The maximum atomic E-state index is 13.2. The third-order valence-electron chi connectivity index (χ3n) is 4.35. The average molecular weight is 383 g/mol. The standard InChI is InChI=1S/C18H23F2N3O4/c1-3-27-18(26)22-8-6-14(7-9-22)23(12(2)24)11-17(25)21-13-4-5-15(19)16(20)10-13/h4-5,10,14H,3,6-9,11H2,1-2H3,(H,21,25). The Bertz CT molecular complexity index is 706. The number of likely N-dealkylation sites (tertiary alicyclic amines) is 1. The Kier molecular flexibility index (Phi) is 7.09. The SMILES string of the molecule is CCOC(=O)N1CCC(N(CC(=O)Nc2ccc(F)c(F)c2)C(C)=O)CC1. The van der Waals surface area contributed by atoms with Crippen LogP contribution in [0.5, 0.6) is 0 Å². The summed E-state index contributed by atoms with van der Waals surface area (Å²) in [6.07, 6.45) is 0.662. The minimum atomic E-state index is -1.07. The molecular formula is C18H23F2N3O4. The molecule has 0 unspecified atom stereocenters. The fourth-order valence-corrected chi connectivity index (χ4v) is 3.00. The van der Waals surface area contributed by atoms with E-state index in [1.807, 2.05) is 0 Å². The molecule has 7 nitrogen and oxygen atoms in total. The van der Waals surface area contributed by atoms with Gasteiger partial charge in [0, 0.05) is 37.8 Å². The molecule has 0 spiro atoms. The summed E-state index contributed by atoms with van der Waals surface area (Å²) in [7, 11) is 0. The Labute approximate surface area is 156 Å². The number of nitrogens with one attached hydrogen (secondary N) is 1. The van der Waals surface area contributed by atoms with Crippen molar-refractivity contribution < 1.29 is 27.9 Å². The number of amides is 3. The van der Waals surface area contributed by atoms with Gasteiger partial charge in [0.15, 0.2) is 11.6 Å². The molecule has 148 valence electrons. The maximum Gasteiger partial charge on any atom is 0.409 e. The normalized spacial score (nSPS) is 14.6. The summed E-state index contributed by atoms with van der Waals surface area (Å²) >= 11 is 0. The van der Waals surface area contributed by atoms with E-state index >= 15 is 0 Å². The largest absolute Gasteiger partial charge is 0.450 e. The fraction of sp³-hybridized carbons (Fsp3) is 0.500. The zero-order valence-corrected chi connectivity index (χ0v) is 15.3. The summed E-state index contributed by atoms with van der Waals surface area (Å²) in [6.45, 7) is 4.04. The molecule has 1 aliphatic heterocycles. The van der Waals surface area contributed by atoms with Crippen LogP contribution in [0.2, 0.25) is 0 Å². The summed E-state index contributed by atoms with van der Waals surface area (Å²) in [5.74, 6) is -2.86. The van der Waals surface area contributed by atoms with Crippen LogP contribution < -0.4 is 5.32 Å². The maximum absolute atomic E-state index is 13.2. The van der Waals surface area contributed by atoms with Gasteiger partial charge in [-0.2, -0.15) is 0 Å². The molecule has 1 fully saturated rings. The number of ether oxygens (including phenoxy) is 1. The van der Waals surface area contributed by atoms with Crippen molar-refractivity contribution in [1.82, 2.24) is 9.80 Å². The van der Waals surface area contributed by atoms with Crippen molar-refractivity contribution >= 4 is 23.6 Å². The van der Waals surface area contributed by atoms with Gasteiger partial charge in [0.05, 0.1) is 6.61 Å². The molecule has 0 bridgehead atoms. The summed E-state index contributed by atoms with van der Waals surface area (Å²) in [5, 5.41) is 2.45. The van der Waals surface area contributed by atoms with Gasteiger partial charge in [-0.1, -0.05) is 0 Å². The van der Waals surface area contributed by atoms with Crippen molar-refractivity contribution in [2.75, 3.05) is 31.6 Å². The first-order valence-electron chi connectivity index (χ1n) is 8.75. The highest BCUT2D eigenvalue weighted by Crippen LogP contribution is 2.18. The van der Waals surface area contributed by atoms with Crippen molar-refractivity contribution in [1.29, 1.82) is 0 Å². The lowest BCUT2D eigenvalue weighted by molar-refractivity contribution is -0.136. The van der Waals surface area contributed by atoms with Crippen molar-refractivity contribution in [3.63, 3.8) is 0 Å². The van der Waals surface area contributed by atoms with E-state index < -0.39 is 17.5 Å².